The molecule has 0 fully saturated rings. The van der Waals surface area contributed by atoms with Crippen molar-refractivity contribution in [1.29, 1.82) is 5.26 Å². The Morgan fingerprint density at radius 3 is 2.61 bits per heavy atom. The van der Waals surface area contributed by atoms with E-state index in [0.29, 0.717) is 0 Å². The Labute approximate surface area is 98.7 Å². The van der Waals surface area contributed by atoms with Crippen molar-refractivity contribution < 1.29 is 27.4 Å². The fraction of sp³-hybridized carbons (Fsp3) is 0.222. The fourth-order valence-electron chi connectivity index (χ4n) is 1.05. The highest BCUT2D eigenvalue weighted by Crippen LogP contribution is 2.27. The fourth-order valence-corrected chi connectivity index (χ4v) is 1.05. The summed E-state index contributed by atoms with van der Waals surface area (Å²) in [6, 6.07) is 2.23. The third kappa shape index (κ3) is 3.00. The van der Waals surface area contributed by atoms with Gasteiger partial charge in [0.05, 0.1) is 7.11 Å². The van der Waals surface area contributed by atoms with Crippen molar-refractivity contribution in [2.75, 3.05) is 12.8 Å². The predicted molar refractivity (Wildman–Crippen MR) is 51.4 cm³/mol. The standard InChI is InChI=1S/C9H6F3N3O3/c1-17-8(16)5-2-4(3-13)7(15-6(5)14)18-9(10,11)12/h2H,1H3,(H2,14,15). The van der Waals surface area contributed by atoms with Gasteiger partial charge in [0.15, 0.2) is 0 Å². The number of pyridine rings is 1. The van der Waals surface area contributed by atoms with Crippen LogP contribution >= 0.6 is 0 Å². The number of anilines is 1. The lowest BCUT2D eigenvalue weighted by atomic mass is 10.2. The molecule has 0 aliphatic rings. The third-order valence-electron chi connectivity index (χ3n) is 1.76. The second-order valence-corrected chi connectivity index (χ2v) is 2.93. The van der Waals surface area contributed by atoms with Crippen molar-refractivity contribution in [2.45, 2.75) is 6.36 Å². The minimum atomic E-state index is -5.02. The van der Waals surface area contributed by atoms with Crippen molar-refractivity contribution in [2.24, 2.45) is 0 Å². The number of alkyl halides is 3. The zero-order valence-electron chi connectivity index (χ0n) is 8.91. The lowest BCUT2D eigenvalue weighted by Crippen LogP contribution is -2.20. The number of halogens is 3. The van der Waals surface area contributed by atoms with Crippen LogP contribution in [0.25, 0.3) is 0 Å². The number of ether oxygens (including phenoxy) is 2. The van der Waals surface area contributed by atoms with E-state index in [9.17, 15) is 18.0 Å². The number of methoxy groups -OCH3 is 1. The summed E-state index contributed by atoms with van der Waals surface area (Å²) in [4.78, 5) is 14.4. The average Bonchev–Trinajstić information content (AvgIpc) is 2.26. The van der Waals surface area contributed by atoms with Gasteiger partial charge in [-0.2, -0.15) is 10.2 Å². The average molecular weight is 261 g/mol. The van der Waals surface area contributed by atoms with Crippen LogP contribution in [0.4, 0.5) is 19.0 Å². The molecular weight excluding hydrogens is 255 g/mol. The highest BCUT2D eigenvalue weighted by atomic mass is 19.4. The summed E-state index contributed by atoms with van der Waals surface area (Å²) in [6.45, 7) is 0. The minimum Gasteiger partial charge on any atom is -0.465 e. The van der Waals surface area contributed by atoms with Crippen LogP contribution < -0.4 is 10.5 Å². The van der Waals surface area contributed by atoms with Gasteiger partial charge in [-0.3, -0.25) is 0 Å². The predicted octanol–water partition coefficient (Wildman–Crippen LogP) is 1.22. The highest BCUT2D eigenvalue weighted by Gasteiger charge is 2.33. The number of carbonyl (C=O) groups is 1. The summed E-state index contributed by atoms with van der Waals surface area (Å²) < 4.78 is 43.9. The number of nitrogens with zero attached hydrogens (tertiary/aromatic N) is 2. The van der Waals surface area contributed by atoms with Gasteiger partial charge in [-0.05, 0) is 6.07 Å². The third-order valence-corrected chi connectivity index (χ3v) is 1.76. The molecular formula is C9H6F3N3O3. The molecule has 0 atom stereocenters. The summed E-state index contributed by atoms with van der Waals surface area (Å²) in [5.41, 5.74) is 4.37. The molecule has 6 nitrogen and oxygen atoms in total. The minimum absolute atomic E-state index is 0.316. The number of esters is 1. The SMILES string of the molecule is COC(=O)c1cc(C#N)c(OC(F)(F)F)nc1N. The van der Waals surface area contributed by atoms with Crippen molar-refractivity contribution in [3.8, 4) is 11.9 Å². The lowest BCUT2D eigenvalue weighted by Gasteiger charge is -2.11. The van der Waals surface area contributed by atoms with Gasteiger partial charge in [0, 0.05) is 0 Å². The molecule has 96 valence electrons. The summed E-state index contributed by atoms with van der Waals surface area (Å²) in [7, 11) is 1.05. The quantitative estimate of drug-likeness (QED) is 0.803. The normalized spacial score (nSPS) is 10.6. The number of hydrogen-bond donors (Lipinski definition) is 1. The Balaban J connectivity index is 3.28. The Morgan fingerprint density at radius 2 is 2.17 bits per heavy atom. The molecule has 0 saturated heterocycles. The molecule has 0 bridgehead atoms. The summed E-state index contributed by atoms with van der Waals surface area (Å²) >= 11 is 0. The molecule has 0 aromatic carbocycles. The van der Waals surface area contributed by atoms with E-state index >= 15 is 0 Å². The summed E-state index contributed by atoms with van der Waals surface area (Å²) in [6.07, 6.45) is -5.02. The number of nitriles is 1. The zero-order chi connectivity index (χ0) is 13.9. The highest BCUT2D eigenvalue weighted by molar-refractivity contribution is 5.94. The molecule has 0 unspecified atom stereocenters. The molecule has 0 radical (unpaired) electrons. The molecule has 0 spiro atoms. The van der Waals surface area contributed by atoms with Crippen LogP contribution in [0.1, 0.15) is 15.9 Å². The number of nitrogens with two attached hydrogens (primary N) is 1. The second-order valence-electron chi connectivity index (χ2n) is 2.93. The van der Waals surface area contributed by atoms with E-state index in [-0.39, 0.29) is 5.56 Å². The first kappa shape index (κ1) is 13.6. The van der Waals surface area contributed by atoms with E-state index in [2.05, 4.69) is 14.5 Å². The van der Waals surface area contributed by atoms with E-state index in [4.69, 9.17) is 11.0 Å². The molecule has 1 aromatic heterocycles. The number of aromatic nitrogens is 1. The van der Waals surface area contributed by atoms with Gasteiger partial charge < -0.3 is 15.2 Å². The molecule has 18 heavy (non-hydrogen) atoms. The van der Waals surface area contributed by atoms with Gasteiger partial charge in [-0.15, -0.1) is 13.2 Å². The molecule has 0 saturated carbocycles. The molecule has 0 amide bonds. The van der Waals surface area contributed by atoms with Crippen molar-refractivity contribution in [3.05, 3.63) is 17.2 Å². The number of carbonyl (C=O) groups excluding carboxylic acids is 1. The van der Waals surface area contributed by atoms with Crippen molar-refractivity contribution >= 4 is 11.8 Å². The largest absolute Gasteiger partial charge is 0.574 e. The maximum Gasteiger partial charge on any atom is 0.574 e. The van der Waals surface area contributed by atoms with E-state index in [0.717, 1.165) is 13.2 Å². The zero-order valence-corrected chi connectivity index (χ0v) is 8.91. The van der Waals surface area contributed by atoms with Crippen LogP contribution in [-0.4, -0.2) is 24.4 Å². The molecule has 1 aromatic rings. The number of nitrogen functional groups attached to an aromatic ring is 1. The Bertz CT molecular complexity index is 522. The second kappa shape index (κ2) is 4.79. The first-order valence-corrected chi connectivity index (χ1v) is 4.33. The van der Waals surface area contributed by atoms with Gasteiger partial charge in [0.25, 0.3) is 0 Å². The monoisotopic (exact) mass is 261 g/mol. The van der Waals surface area contributed by atoms with E-state index in [1.165, 1.54) is 6.07 Å². The van der Waals surface area contributed by atoms with Gasteiger partial charge in [0.2, 0.25) is 5.88 Å². The number of hydrogen-bond acceptors (Lipinski definition) is 6. The maximum atomic E-state index is 12.0. The van der Waals surface area contributed by atoms with Crippen LogP contribution in [0.15, 0.2) is 6.07 Å². The topological polar surface area (TPSA) is 98.2 Å². The van der Waals surface area contributed by atoms with Crippen LogP contribution in [-0.2, 0) is 4.74 Å². The van der Waals surface area contributed by atoms with E-state index in [1.807, 2.05) is 0 Å². The smallest absolute Gasteiger partial charge is 0.465 e. The van der Waals surface area contributed by atoms with Gasteiger partial charge in [-0.25, -0.2) is 4.79 Å². The maximum absolute atomic E-state index is 12.0. The van der Waals surface area contributed by atoms with Crippen molar-refractivity contribution in [3.63, 3.8) is 0 Å². The van der Waals surface area contributed by atoms with Crippen LogP contribution in [0.3, 0.4) is 0 Å². The Kier molecular flexibility index (Phi) is 3.61. The van der Waals surface area contributed by atoms with Gasteiger partial charge >= 0.3 is 12.3 Å². The molecule has 0 aliphatic heterocycles. The van der Waals surface area contributed by atoms with Crippen molar-refractivity contribution in [1.82, 2.24) is 4.98 Å². The first-order valence-electron chi connectivity index (χ1n) is 4.33. The van der Waals surface area contributed by atoms with E-state index < -0.39 is 29.6 Å². The summed E-state index contributed by atoms with van der Waals surface area (Å²) in [5, 5.41) is 8.65. The Morgan fingerprint density at radius 1 is 1.56 bits per heavy atom. The molecule has 1 heterocycles. The molecule has 1 rings (SSSR count). The van der Waals surface area contributed by atoms with Crippen LogP contribution in [0.5, 0.6) is 5.88 Å². The van der Waals surface area contributed by atoms with Crippen LogP contribution in [0, 0.1) is 11.3 Å². The summed E-state index contributed by atoms with van der Waals surface area (Å²) in [5.74, 6) is -2.47. The lowest BCUT2D eigenvalue weighted by molar-refractivity contribution is -0.276. The number of rotatable bonds is 2. The first-order chi connectivity index (χ1) is 8.28. The van der Waals surface area contributed by atoms with Crippen LogP contribution in [0.2, 0.25) is 0 Å². The molecule has 2 N–H and O–H groups in total. The van der Waals surface area contributed by atoms with Gasteiger partial charge in [-0.1, -0.05) is 0 Å². The van der Waals surface area contributed by atoms with Gasteiger partial charge in [0.1, 0.15) is 23.0 Å². The molecule has 0 aliphatic carbocycles. The van der Waals surface area contributed by atoms with E-state index in [1.54, 1.807) is 0 Å². The molecule has 9 heteroatoms. The Hall–Kier alpha value is -2.50.